The third-order valence-corrected chi connectivity index (χ3v) is 4.75. The Kier molecular flexibility index (Phi) is 4.09. The SMILES string of the molecule is CCN(C(=O)c1cc(S(N)(=O)=O)cc(Cl)c1C)C1CC1. The molecule has 1 aromatic carbocycles. The van der Waals surface area contributed by atoms with E-state index in [0.29, 0.717) is 17.7 Å². The fourth-order valence-electron chi connectivity index (χ4n) is 2.15. The van der Waals surface area contributed by atoms with Crippen LogP contribution in [-0.2, 0) is 10.0 Å². The number of benzene rings is 1. The first-order valence-electron chi connectivity index (χ1n) is 6.39. The molecule has 0 bridgehead atoms. The van der Waals surface area contributed by atoms with E-state index >= 15 is 0 Å². The van der Waals surface area contributed by atoms with E-state index in [1.54, 1.807) is 11.8 Å². The molecule has 1 saturated carbocycles. The number of carbonyl (C=O) groups is 1. The molecule has 110 valence electrons. The normalized spacial score (nSPS) is 15.2. The zero-order valence-electron chi connectivity index (χ0n) is 11.4. The lowest BCUT2D eigenvalue weighted by atomic mass is 10.1. The van der Waals surface area contributed by atoms with E-state index in [0.717, 1.165) is 12.8 Å². The summed E-state index contributed by atoms with van der Waals surface area (Å²) >= 11 is 6.02. The Hall–Kier alpha value is -1.11. The molecule has 5 nitrogen and oxygen atoms in total. The van der Waals surface area contributed by atoms with Gasteiger partial charge in [0.2, 0.25) is 10.0 Å². The fourth-order valence-corrected chi connectivity index (χ4v) is 3.00. The van der Waals surface area contributed by atoms with Gasteiger partial charge in [-0.15, -0.1) is 0 Å². The van der Waals surface area contributed by atoms with Crippen molar-refractivity contribution in [3.8, 4) is 0 Å². The molecule has 1 aromatic rings. The van der Waals surface area contributed by atoms with Crippen LogP contribution in [0.15, 0.2) is 17.0 Å². The van der Waals surface area contributed by atoms with E-state index in [2.05, 4.69) is 0 Å². The third-order valence-electron chi connectivity index (χ3n) is 3.47. The largest absolute Gasteiger partial charge is 0.336 e. The van der Waals surface area contributed by atoms with Crippen LogP contribution in [0.25, 0.3) is 0 Å². The van der Waals surface area contributed by atoms with Gasteiger partial charge in [0.05, 0.1) is 4.90 Å². The highest BCUT2D eigenvalue weighted by atomic mass is 35.5. The molecule has 0 radical (unpaired) electrons. The van der Waals surface area contributed by atoms with Crippen LogP contribution in [-0.4, -0.2) is 31.8 Å². The van der Waals surface area contributed by atoms with E-state index in [-0.39, 0.29) is 21.9 Å². The number of rotatable bonds is 4. The van der Waals surface area contributed by atoms with Crippen LogP contribution in [0.2, 0.25) is 5.02 Å². The minimum Gasteiger partial charge on any atom is -0.336 e. The molecule has 1 aliphatic rings. The van der Waals surface area contributed by atoms with E-state index in [9.17, 15) is 13.2 Å². The van der Waals surface area contributed by atoms with Gasteiger partial charge in [-0.1, -0.05) is 11.6 Å². The average Bonchev–Trinajstić information content (AvgIpc) is 3.16. The molecule has 1 amide bonds. The summed E-state index contributed by atoms with van der Waals surface area (Å²) in [6.07, 6.45) is 1.97. The summed E-state index contributed by atoms with van der Waals surface area (Å²) in [4.78, 5) is 14.1. The summed E-state index contributed by atoms with van der Waals surface area (Å²) in [6, 6.07) is 2.84. The van der Waals surface area contributed by atoms with Crippen LogP contribution in [0.4, 0.5) is 0 Å². The second kappa shape index (κ2) is 5.35. The van der Waals surface area contributed by atoms with Gasteiger partial charge in [0.1, 0.15) is 0 Å². The molecule has 0 saturated heterocycles. The number of nitrogens with zero attached hydrogens (tertiary/aromatic N) is 1. The third kappa shape index (κ3) is 2.97. The Morgan fingerprint density at radius 3 is 2.50 bits per heavy atom. The number of sulfonamides is 1. The van der Waals surface area contributed by atoms with Crippen LogP contribution in [0, 0.1) is 6.92 Å². The standard InChI is InChI=1S/C13H17ClN2O3S/c1-3-16(9-4-5-9)13(17)11-6-10(20(15,18)19)7-12(14)8(11)2/h6-7,9H,3-5H2,1-2H3,(H2,15,18,19). The van der Waals surface area contributed by atoms with Crippen LogP contribution in [0.5, 0.6) is 0 Å². The number of carbonyl (C=O) groups excluding carboxylic acids is 1. The molecule has 20 heavy (non-hydrogen) atoms. The zero-order chi connectivity index (χ0) is 15.1. The molecule has 0 atom stereocenters. The monoisotopic (exact) mass is 316 g/mol. The molecule has 2 rings (SSSR count). The Balaban J connectivity index is 2.49. The first-order valence-corrected chi connectivity index (χ1v) is 8.32. The highest BCUT2D eigenvalue weighted by Gasteiger charge is 2.33. The molecule has 1 aliphatic carbocycles. The van der Waals surface area contributed by atoms with Gasteiger partial charge in [-0.3, -0.25) is 4.79 Å². The molecule has 0 aromatic heterocycles. The molecule has 0 heterocycles. The first-order chi connectivity index (χ1) is 9.25. The molecule has 1 fully saturated rings. The average molecular weight is 317 g/mol. The van der Waals surface area contributed by atoms with Gasteiger partial charge in [0.15, 0.2) is 0 Å². The van der Waals surface area contributed by atoms with Gasteiger partial charge in [0.25, 0.3) is 5.91 Å². The van der Waals surface area contributed by atoms with Crippen LogP contribution in [0.3, 0.4) is 0 Å². The quantitative estimate of drug-likeness (QED) is 0.921. The van der Waals surface area contributed by atoms with Crippen molar-refractivity contribution in [1.82, 2.24) is 4.90 Å². The summed E-state index contributed by atoms with van der Waals surface area (Å²) in [5.41, 5.74) is 0.874. The molecular formula is C13H17ClN2O3S. The lowest BCUT2D eigenvalue weighted by Crippen LogP contribution is -2.33. The van der Waals surface area contributed by atoms with Gasteiger partial charge >= 0.3 is 0 Å². The Morgan fingerprint density at radius 1 is 1.45 bits per heavy atom. The number of hydrogen-bond donors (Lipinski definition) is 1. The maximum atomic E-state index is 12.5. The minimum atomic E-state index is -3.89. The summed E-state index contributed by atoms with van der Waals surface area (Å²) in [7, 11) is -3.89. The zero-order valence-corrected chi connectivity index (χ0v) is 13.0. The highest BCUT2D eigenvalue weighted by Crippen LogP contribution is 2.30. The summed E-state index contributed by atoms with van der Waals surface area (Å²) < 4.78 is 22.9. The second-order valence-electron chi connectivity index (χ2n) is 4.95. The van der Waals surface area contributed by atoms with Crippen LogP contribution >= 0.6 is 11.6 Å². The van der Waals surface area contributed by atoms with E-state index in [4.69, 9.17) is 16.7 Å². The topological polar surface area (TPSA) is 80.5 Å². The Morgan fingerprint density at radius 2 is 2.05 bits per heavy atom. The lowest BCUT2D eigenvalue weighted by Gasteiger charge is -2.22. The second-order valence-corrected chi connectivity index (χ2v) is 6.91. The molecule has 7 heteroatoms. The Bertz CT molecular complexity index is 654. The molecule has 2 N–H and O–H groups in total. The molecule has 0 aliphatic heterocycles. The number of halogens is 1. The van der Waals surface area contributed by atoms with Crippen LogP contribution < -0.4 is 5.14 Å². The van der Waals surface area contributed by atoms with Crippen molar-refractivity contribution in [1.29, 1.82) is 0 Å². The van der Waals surface area contributed by atoms with Crippen molar-refractivity contribution < 1.29 is 13.2 Å². The van der Waals surface area contributed by atoms with Crippen molar-refractivity contribution in [3.05, 3.63) is 28.3 Å². The predicted molar refractivity (Wildman–Crippen MR) is 77.3 cm³/mol. The van der Waals surface area contributed by atoms with Gasteiger partial charge in [-0.05, 0) is 44.4 Å². The van der Waals surface area contributed by atoms with Gasteiger partial charge < -0.3 is 4.90 Å². The van der Waals surface area contributed by atoms with Crippen molar-refractivity contribution in [3.63, 3.8) is 0 Å². The van der Waals surface area contributed by atoms with Gasteiger partial charge in [-0.2, -0.15) is 0 Å². The van der Waals surface area contributed by atoms with E-state index < -0.39 is 10.0 Å². The fraction of sp³-hybridized carbons (Fsp3) is 0.462. The molecule has 0 spiro atoms. The van der Waals surface area contributed by atoms with Crippen molar-refractivity contribution in [2.75, 3.05) is 6.54 Å². The van der Waals surface area contributed by atoms with E-state index in [1.165, 1.54) is 12.1 Å². The number of primary sulfonamides is 1. The first kappa shape index (κ1) is 15.3. The van der Waals surface area contributed by atoms with E-state index in [1.807, 2.05) is 6.92 Å². The van der Waals surface area contributed by atoms with Gasteiger partial charge in [-0.25, -0.2) is 13.6 Å². The van der Waals surface area contributed by atoms with Crippen molar-refractivity contribution >= 4 is 27.5 Å². The summed E-state index contributed by atoms with van der Waals surface area (Å²) in [5, 5.41) is 5.34. The molecule has 0 unspecified atom stereocenters. The number of nitrogens with two attached hydrogens (primary N) is 1. The molecular weight excluding hydrogens is 300 g/mol. The lowest BCUT2D eigenvalue weighted by molar-refractivity contribution is 0.0751. The van der Waals surface area contributed by atoms with Crippen molar-refractivity contribution in [2.45, 2.75) is 37.6 Å². The van der Waals surface area contributed by atoms with Crippen molar-refractivity contribution in [2.24, 2.45) is 5.14 Å². The number of hydrogen-bond acceptors (Lipinski definition) is 3. The number of amides is 1. The minimum absolute atomic E-state index is 0.136. The highest BCUT2D eigenvalue weighted by molar-refractivity contribution is 7.89. The summed E-state index contributed by atoms with van der Waals surface area (Å²) in [5.74, 6) is -0.195. The Labute approximate surface area is 123 Å². The smallest absolute Gasteiger partial charge is 0.254 e. The van der Waals surface area contributed by atoms with Gasteiger partial charge in [0, 0.05) is 23.2 Å². The maximum absolute atomic E-state index is 12.5. The maximum Gasteiger partial charge on any atom is 0.254 e. The predicted octanol–water partition coefficient (Wildman–Crippen LogP) is 1.92. The van der Waals surface area contributed by atoms with Crippen LogP contribution in [0.1, 0.15) is 35.7 Å². The summed E-state index contributed by atoms with van der Waals surface area (Å²) in [6.45, 7) is 4.18.